The third-order valence-corrected chi connectivity index (χ3v) is 3.97. The van der Waals surface area contributed by atoms with E-state index in [2.05, 4.69) is 48.5 Å². The van der Waals surface area contributed by atoms with Crippen LogP contribution in [0.5, 0.6) is 0 Å². The molecule has 0 aliphatic heterocycles. The molecule has 1 N–H and O–H groups in total. The highest BCUT2D eigenvalue weighted by atomic mass is 15.1. The first-order valence-corrected chi connectivity index (χ1v) is 7.21. The molecule has 0 aromatic heterocycles. The molecule has 0 aromatic carbocycles. The Balaban J connectivity index is 2.26. The van der Waals surface area contributed by atoms with Gasteiger partial charge in [-0.05, 0) is 38.2 Å². The van der Waals surface area contributed by atoms with Crippen LogP contribution in [0, 0.1) is 17.2 Å². The van der Waals surface area contributed by atoms with E-state index in [0.717, 1.165) is 25.9 Å². The van der Waals surface area contributed by atoms with Gasteiger partial charge in [0.25, 0.3) is 0 Å². The first-order valence-electron chi connectivity index (χ1n) is 7.21. The Labute approximate surface area is 116 Å². The van der Waals surface area contributed by atoms with Gasteiger partial charge in [-0.25, -0.2) is 0 Å². The van der Waals surface area contributed by atoms with E-state index in [4.69, 9.17) is 5.26 Å². The summed E-state index contributed by atoms with van der Waals surface area (Å²) in [7, 11) is 2.15. The lowest BCUT2D eigenvalue weighted by molar-refractivity contribution is 0.424. The fourth-order valence-corrected chi connectivity index (χ4v) is 2.84. The Hall–Kier alpha value is -1.69. The monoisotopic (exact) mass is 257 g/mol. The standard InChI is InChI=1S/C16H23N3/c1-3-19(2)15-10-5-8-13-7-4-9-14(16(13)15)18-12-6-11-17/h5,9-10,13,18H,3-4,6-8,12H2,1-2H3. The van der Waals surface area contributed by atoms with Gasteiger partial charge in [0.05, 0.1) is 12.5 Å². The fraction of sp³-hybridized carbons (Fsp3) is 0.562. The smallest absolute Gasteiger partial charge is 0.0640 e. The minimum Gasteiger partial charge on any atom is -0.384 e. The topological polar surface area (TPSA) is 39.1 Å². The second-order valence-electron chi connectivity index (χ2n) is 5.18. The second kappa shape index (κ2) is 6.47. The summed E-state index contributed by atoms with van der Waals surface area (Å²) < 4.78 is 0. The normalized spacial score (nSPS) is 21.5. The molecule has 1 atom stereocenters. The third kappa shape index (κ3) is 3.01. The summed E-state index contributed by atoms with van der Waals surface area (Å²) in [6.45, 7) is 3.94. The maximum absolute atomic E-state index is 8.67. The molecule has 0 heterocycles. The zero-order valence-corrected chi connectivity index (χ0v) is 11.9. The number of fused-ring (bicyclic) bond motifs is 1. The van der Waals surface area contributed by atoms with Crippen molar-refractivity contribution >= 4 is 0 Å². The lowest BCUT2D eigenvalue weighted by atomic mass is 9.80. The largest absolute Gasteiger partial charge is 0.384 e. The zero-order chi connectivity index (χ0) is 13.7. The van der Waals surface area contributed by atoms with Crippen LogP contribution in [-0.2, 0) is 0 Å². The molecule has 0 radical (unpaired) electrons. The molecule has 3 heteroatoms. The van der Waals surface area contributed by atoms with E-state index in [1.165, 1.54) is 23.4 Å². The lowest BCUT2D eigenvalue weighted by Gasteiger charge is -2.34. The van der Waals surface area contributed by atoms with Crippen molar-refractivity contribution in [2.45, 2.75) is 32.6 Å². The molecule has 2 aliphatic rings. The summed E-state index contributed by atoms with van der Waals surface area (Å²) in [6, 6.07) is 2.19. The molecule has 102 valence electrons. The summed E-state index contributed by atoms with van der Waals surface area (Å²) in [5, 5.41) is 12.1. The maximum atomic E-state index is 8.67. The van der Waals surface area contributed by atoms with Crippen molar-refractivity contribution in [2.75, 3.05) is 20.1 Å². The highest BCUT2D eigenvalue weighted by molar-refractivity contribution is 5.44. The third-order valence-electron chi connectivity index (χ3n) is 3.97. The van der Waals surface area contributed by atoms with Crippen molar-refractivity contribution in [1.29, 1.82) is 5.26 Å². The number of rotatable bonds is 5. The van der Waals surface area contributed by atoms with Crippen LogP contribution >= 0.6 is 0 Å². The summed E-state index contributed by atoms with van der Waals surface area (Å²) >= 11 is 0. The number of hydrogen-bond donors (Lipinski definition) is 1. The van der Waals surface area contributed by atoms with Crippen LogP contribution in [0.4, 0.5) is 0 Å². The SMILES string of the molecule is CCN(C)C1=C2C(NCCC#N)=CCCC2CC=C1. The molecule has 2 rings (SSSR count). The number of nitriles is 1. The van der Waals surface area contributed by atoms with Crippen LogP contribution in [0.1, 0.15) is 32.6 Å². The van der Waals surface area contributed by atoms with Gasteiger partial charge in [-0.15, -0.1) is 0 Å². The van der Waals surface area contributed by atoms with Crippen LogP contribution < -0.4 is 5.32 Å². The molecule has 2 aliphatic carbocycles. The highest BCUT2D eigenvalue weighted by Crippen LogP contribution is 2.37. The quantitative estimate of drug-likeness (QED) is 0.770. The molecule has 0 bridgehead atoms. The van der Waals surface area contributed by atoms with E-state index in [1.54, 1.807) is 0 Å². The van der Waals surface area contributed by atoms with Gasteiger partial charge in [-0.1, -0.05) is 12.2 Å². The van der Waals surface area contributed by atoms with E-state index >= 15 is 0 Å². The van der Waals surface area contributed by atoms with Gasteiger partial charge in [0.15, 0.2) is 0 Å². The van der Waals surface area contributed by atoms with Gasteiger partial charge >= 0.3 is 0 Å². The molecule has 0 spiro atoms. The Morgan fingerprint density at radius 2 is 2.37 bits per heavy atom. The Morgan fingerprint density at radius 3 is 3.11 bits per heavy atom. The molecule has 0 fully saturated rings. The first kappa shape index (κ1) is 13.7. The molecule has 0 saturated heterocycles. The number of nitrogens with one attached hydrogen (secondary N) is 1. The van der Waals surface area contributed by atoms with Gasteiger partial charge in [0.1, 0.15) is 0 Å². The summed E-state index contributed by atoms with van der Waals surface area (Å²) in [5.74, 6) is 0.642. The van der Waals surface area contributed by atoms with Gasteiger partial charge in [0.2, 0.25) is 0 Å². The van der Waals surface area contributed by atoms with Crippen LogP contribution in [0.15, 0.2) is 35.2 Å². The van der Waals surface area contributed by atoms with Crippen molar-refractivity contribution in [3.05, 3.63) is 35.2 Å². The van der Waals surface area contributed by atoms with Crippen molar-refractivity contribution in [1.82, 2.24) is 10.2 Å². The predicted molar refractivity (Wildman–Crippen MR) is 78.1 cm³/mol. The average molecular weight is 257 g/mol. The fourth-order valence-electron chi connectivity index (χ4n) is 2.84. The molecule has 1 unspecified atom stereocenters. The molecule has 3 nitrogen and oxygen atoms in total. The molecule has 19 heavy (non-hydrogen) atoms. The minimum atomic E-state index is 0.560. The molecule has 0 saturated carbocycles. The van der Waals surface area contributed by atoms with Crippen molar-refractivity contribution in [3.63, 3.8) is 0 Å². The summed E-state index contributed by atoms with van der Waals surface area (Å²) in [5.41, 5.74) is 4.05. The van der Waals surface area contributed by atoms with Crippen molar-refractivity contribution in [3.8, 4) is 6.07 Å². The van der Waals surface area contributed by atoms with Crippen LogP contribution in [0.25, 0.3) is 0 Å². The van der Waals surface area contributed by atoms with E-state index in [1.807, 2.05) is 0 Å². The highest BCUT2D eigenvalue weighted by Gasteiger charge is 2.26. The van der Waals surface area contributed by atoms with E-state index in [9.17, 15) is 0 Å². The molecule has 0 aromatic rings. The van der Waals surface area contributed by atoms with E-state index < -0.39 is 0 Å². The van der Waals surface area contributed by atoms with Crippen LogP contribution in [0.3, 0.4) is 0 Å². The summed E-state index contributed by atoms with van der Waals surface area (Å²) in [4.78, 5) is 2.31. The average Bonchev–Trinajstić information content (AvgIpc) is 2.46. The van der Waals surface area contributed by atoms with Gasteiger partial charge in [-0.2, -0.15) is 5.26 Å². The first-order chi connectivity index (χ1) is 9.27. The number of likely N-dealkylation sites (N-methyl/N-ethyl adjacent to an activating group) is 1. The van der Waals surface area contributed by atoms with Gasteiger partial charge in [-0.3, -0.25) is 0 Å². The number of hydrogen-bond acceptors (Lipinski definition) is 3. The van der Waals surface area contributed by atoms with E-state index in [-0.39, 0.29) is 0 Å². The van der Waals surface area contributed by atoms with E-state index in [0.29, 0.717) is 12.3 Å². The minimum absolute atomic E-state index is 0.560. The maximum Gasteiger partial charge on any atom is 0.0640 e. The lowest BCUT2D eigenvalue weighted by Crippen LogP contribution is -2.29. The molecular formula is C16H23N3. The van der Waals surface area contributed by atoms with Crippen LogP contribution in [0.2, 0.25) is 0 Å². The predicted octanol–water partition coefficient (Wildman–Crippen LogP) is 2.95. The summed E-state index contributed by atoms with van der Waals surface area (Å²) in [6.07, 6.45) is 10.9. The van der Waals surface area contributed by atoms with Gasteiger partial charge < -0.3 is 10.2 Å². The Kier molecular flexibility index (Phi) is 4.68. The molecule has 0 amide bonds. The Bertz CT molecular complexity index is 451. The number of nitrogens with zero attached hydrogens (tertiary/aromatic N) is 2. The van der Waals surface area contributed by atoms with Gasteiger partial charge in [0, 0.05) is 37.1 Å². The van der Waals surface area contributed by atoms with Crippen molar-refractivity contribution in [2.24, 2.45) is 5.92 Å². The second-order valence-corrected chi connectivity index (χ2v) is 5.18. The zero-order valence-electron chi connectivity index (χ0n) is 11.9. The van der Waals surface area contributed by atoms with Crippen molar-refractivity contribution < 1.29 is 0 Å². The molecular weight excluding hydrogens is 234 g/mol. The number of allylic oxidation sites excluding steroid dienone is 4. The van der Waals surface area contributed by atoms with Crippen LogP contribution in [-0.4, -0.2) is 25.0 Å². The Morgan fingerprint density at radius 1 is 1.53 bits per heavy atom.